The Hall–Kier alpha value is -2.33. The molecule has 2 unspecified atom stereocenters. The molecule has 5 rings (SSSR count). The van der Waals surface area contributed by atoms with Gasteiger partial charge in [0.1, 0.15) is 0 Å². The van der Waals surface area contributed by atoms with Crippen molar-refractivity contribution >= 4 is 27.2 Å². The highest BCUT2D eigenvalue weighted by Crippen LogP contribution is 2.45. The third-order valence-corrected chi connectivity index (χ3v) is 7.34. The number of carbonyl (C=O) groups is 1. The Bertz CT molecular complexity index is 1050. The number of nitrogens with zero attached hydrogens (tertiary/aromatic N) is 2. The van der Waals surface area contributed by atoms with Crippen LogP contribution in [0.25, 0.3) is 5.57 Å². The van der Waals surface area contributed by atoms with Gasteiger partial charge in [0.15, 0.2) is 0 Å². The van der Waals surface area contributed by atoms with Gasteiger partial charge in [0.2, 0.25) is 15.9 Å². The molecule has 0 bridgehead atoms. The number of rotatable bonds is 5. The Balaban J connectivity index is 1.38. The number of sulfonamides is 1. The Morgan fingerprint density at radius 1 is 1.24 bits per heavy atom. The highest BCUT2D eigenvalue weighted by molar-refractivity contribution is 7.89. The molecular weight excluding hydrogens is 392 g/mol. The molecule has 9 heteroatoms. The topological polar surface area (TPSA) is 100 Å². The summed E-state index contributed by atoms with van der Waals surface area (Å²) >= 11 is 0. The number of carbonyl (C=O) groups excluding carboxylic acids is 1. The van der Waals surface area contributed by atoms with Gasteiger partial charge in [-0.25, -0.2) is 18.6 Å². The zero-order chi connectivity index (χ0) is 20.0. The number of hydrogen-bond donors (Lipinski definition) is 2. The molecule has 2 heterocycles. The molecule has 1 amide bonds. The highest BCUT2D eigenvalue weighted by Gasteiger charge is 2.44. The van der Waals surface area contributed by atoms with Crippen LogP contribution in [0.4, 0.5) is 0 Å². The molecule has 8 nitrogen and oxygen atoms in total. The molecule has 1 saturated heterocycles. The van der Waals surface area contributed by atoms with Crippen LogP contribution in [0, 0.1) is 11.8 Å². The van der Waals surface area contributed by atoms with Crippen LogP contribution in [0.2, 0.25) is 0 Å². The third-order valence-electron chi connectivity index (χ3n) is 5.88. The summed E-state index contributed by atoms with van der Waals surface area (Å²) < 4.78 is 33.6. The fraction of sp³-hybridized carbons (Fsp3) is 0.400. The number of ether oxygens (including phenoxy) is 1. The number of fused-ring (bicyclic) bond motifs is 3. The van der Waals surface area contributed by atoms with Crippen LogP contribution in [-0.2, 0) is 19.6 Å². The molecule has 0 aromatic heterocycles. The summed E-state index contributed by atoms with van der Waals surface area (Å²) in [5.41, 5.74) is 6.02. The number of amides is 1. The minimum absolute atomic E-state index is 0.133. The molecule has 1 aromatic rings. The molecule has 29 heavy (non-hydrogen) atoms. The lowest BCUT2D eigenvalue weighted by Crippen LogP contribution is -2.41. The van der Waals surface area contributed by atoms with E-state index in [-0.39, 0.29) is 22.6 Å². The summed E-state index contributed by atoms with van der Waals surface area (Å²) in [5.74, 6) is -0.580. The van der Waals surface area contributed by atoms with Crippen molar-refractivity contribution in [1.29, 1.82) is 0 Å². The van der Waals surface area contributed by atoms with Crippen molar-refractivity contribution in [2.75, 3.05) is 39.4 Å². The number of hydrazone groups is 1. The molecule has 0 radical (unpaired) electrons. The number of benzene rings is 1. The number of nitrogens with one attached hydrogen (secondary N) is 2. The maximum atomic E-state index is 12.8. The number of hydrogen-bond acceptors (Lipinski definition) is 6. The van der Waals surface area contributed by atoms with Crippen LogP contribution in [-0.4, -0.2) is 64.3 Å². The molecule has 1 aromatic carbocycles. The van der Waals surface area contributed by atoms with Crippen molar-refractivity contribution in [3.05, 3.63) is 47.6 Å². The molecule has 152 valence electrons. The van der Waals surface area contributed by atoms with E-state index in [1.807, 2.05) is 24.3 Å². The lowest BCUT2D eigenvalue weighted by atomic mass is 9.80. The predicted octanol–water partition coefficient (Wildman–Crippen LogP) is 0.330. The van der Waals surface area contributed by atoms with E-state index in [9.17, 15) is 13.2 Å². The second kappa shape index (κ2) is 7.17. The fourth-order valence-corrected chi connectivity index (χ4v) is 5.44. The first-order chi connectivity index (χ1) is 14.0. The Morgan fingerprint density at radius 2 is 2.07 bits per heavy atom. The van der Waals surface area contributed by atoms with Gasteiger partial charge in [0.25, 0.3) is 0 Å². The molecule has 2 N–H and O–H groups in total. The summed E-state index contributed by atoms with van der Waals surface area (Å²) in [6.45, 7) is 3.99. The van der Waals surface area contributed by atoms with E-state index >= 15 is 0 Å². The Kier molecular flexibility index (Phi) is 4.62. The standard InChI is InChI=1S/C20H22N4O4S/c25-20-16-3-1-2-15-14-5-4-13(12-17(14)19(18(15)16)22-23-20)29(26,27)21-6-7-24-8-10-28-11-9-24/h1-5,12,16,18,21H,6-11H2,(H,23,25). The quantitative estimate of drug-likeness (QED) is 0.723. The summed E-state index contributed by atoms with van der Waals surface area (Å²) in [6, 6.07) is 5.11. The van der Waals surface area contributed by atoms with Crippen molar-refractivity contribution in [1.82, 2.24) is 15.0 Å². The minimum atomic E-state index is -3.64. The highest BCUT2D eigenvalue weighted by atomic mass is 32.2. The molecule has 1 fully saturated rings. The van der Waals surface area contributed by atoms with Gasteiger partial charge in [-0.1, -0.05) is 24.3 Å². The Labute approximate surface area is 169 Å². The summed E-state index contributed by atoms with van der Waals surface area (Å²) in [4.78, 5) is 14.5. The largest absolute Gasteiger partial charge is 0.379 e. The van der Waals surface area contributed by atoms with Crippen molar-refractivity contribution in [3.63, 3.8) is 0 Å². The first-order valence-electron chi connectivity index (χ1n) is 9.75. The van der Waals surface area contributed by atoms with Crippen LogP contribution in [0.1, 0.15) is 11.1 Å². The van der Waals surface area contributed by atoms with Crippen LogP contribution in [0.15, 0.2) is 46.4 Å². The van der Waals surface area contributed by atoms with E-state index < -0.39 is 10.0 Å². The summed E-state index contributed by atoms with van der Waals surface area (Å²) in [6.07, 6.45) is 5.73. The average molecular weight is 414 g/mol. The maximum absolute atomic E-state index is 12.8. The zero-order valence-electron chi connectivity index (χ0n) is 15.8. The van der Waals surface area contributed by atoms with E-state index in [2.05, 4.69) is 20.1 Å². The van der Waals surface area contributed by atoms with Gasteiger partial charge in [0.05, 0.1) is 29.7 Å². The van der Waals surface area contributed by atoms with Crippen molar-refractivity contribution in [3.8, 4) is 0 Å². The first kappa shape index (κ1) is 18.7. The van der Waals surface area contributed by atoms with E-state index in [0.29, 0.717) is 26.3 Å². The van der Waals surface area contributed by atoms with Crippen molar-refractivity contribution in [2.24, 2.45) is 16.9 Å². The smallest absolute Gasteiger partial charge is 0.248 e. The van der Waals surface area contributed by atoms with Crippen LogP contribution in [0.3, 0.4) is 0 Å². The molecule has 4 aliphatic rings. The van der Waals surface area contributed by atoms with Crippen molar-refractivity contribution < 1.29 is 17.9 Å². The number of morpholine rings is 1. The van der Waals surface area contributed by atoms with Crippen molar-refractivity contribution in [2.45, 2.75) is 4.90 Å². The third kappa shape index (κ3) is 3.24. The molecule has 2 atom stereocenters. The second-order valence-electron chi connectivity index (χ2n) is 7.54. The fourth-order valence-electron chi connectivity index (χ4n) is 4.39. The molecular formula is C20H22N4O4S. The van der Waals surface area contributed by atoms with Crippen LogP contribution < -0.4 is 10.1 Å². The minimum Gasteiger partial charge on any atom is -0.379 e. The second-order valence-corrected chi connectivity index (χ2v) is 9.31. The predicted molar refractivity (Wildman–Crippen MR) is 108 cm³/mol. The van der Waals surface area contributed by atoms with Gasteiger partial charge in [-0.2, -0.15) is 5.10 Å². The molecule has 0 spiro atoms. The summed E-state index contributed by atoms with van der Waals surface area (Å²) in [5, 5.41) is 4.25. The monoisotopic (exact) mass is 414 g/mol. The zero-order valence-corrected chi connectivity index (χ0v) is 16.6. The first-order valence-corrected chi connectivity index (χ1v) is 11.2. The van der Waals surface area contributed by atoms with Gasteiger partial charge >= 0.3 is 0 Å². The van der Waals surface area contributed by atoms with Gasteiger partial charge in [0, 0.05) is 37.7 Å². The normalized spacial score (nSPS) is 25.7. The van der Waals surface area contributed by atoms with E-state index in [1.54, 1.807) is 12.1 Å². The van der Waals surface area contributed by atoms with Crippen LogP contribution >= 0.6 is 0 Å². The van der Waals surface area contributed by atoms with E-state index in [1.165, 1.54) is 0 Å². The SMILES string of the molecule is O=C1NN=C2c3cc(S(=O)(=O)NCCN4CCOCC4)ccc3C3=CC=CC1C32. The molecule has 0 saturated carbocycles. The lowest BCUT2D eigenvalue weighted by molar-refractivity contribution is -0.124. The van der Waals surface area contributed by atoms with Crippen LogP contribution in [0.5, 0.6) is 0 Å². The van der Waals surface area contributed by atoms with E-state index in [4.69, 9.17) is 4.74 Å². The lowest BCUT2D eigenvalue weighted by Gasteiger charge is -2.27. The molecule has 2 aliphatic heterocycles. The Morgan fingerprint density at radius 3 is 2.90 bits per heavy atom. The average Bonchev–Trinajstić information content (AvgIpc) is 3.06. The summed E-state index contributed by atoms with van der Waals surface area (Å²) in [7, 11) is -3.64. The van der Waals surface area contributed by atoms with Gasteiger partial charge in [-0.05, 0) is 23.3 Å². The van der Waals surface area contributed by atoms with E-state index in [0.717, 1.165) is 35.5 Å². The van der Waals surface area contributed by atoms with Gasteiger partial charge in [-0.3, -0.25) is 9.69 Å². The maximum Gasteiger partial charge on any atom is 0.248 e. The van der Waals surface area contributed by atoms with Gasteiger partial charge < -0.3 is 4.74 Å². The molecule has 2 aliphatic carbocycles. The van der Waals surface area contributed by atoms with Gasteiger partial charge in [-0.15, -0.1) is 0 Å². The number of allylic oxidation sites excluding steroid dienone is 3.